The van der Waals surface area contributed by atoms with Crippen molar-refractivity contribution in [1.82, 2.24) is 9.80 Å². The molecule has 0 aromatic heterocycles. The van der Waals surface area contributed by atoms with Crippen molar-refractivity contribution >= 4 is 11.8 Å². The van der Waals surface area contributed by atoms with Gasteiger partial charge in [0, 0.05) is 46.3 Å². The molecule has 1 aromatic rings. The minimum atomic E-state index is -1.26. The van der Waals surface area contributed by atoms with Crippen LogP contribution >= 0.6 is 0 Å². The Morgan fingerprint density at radius 1 is 1.21 bits per heavy atom. The third-order valence-corrected chi connectivity index (χ3v) is 6.13. The van der Waals surface area contributed by atoms with Crippen LogP contribution in [0.5, 0.6) is 0 Å². The quantitative estimate of drug-likeness (QED) is 0.682. The predicted octanol–water partition coefficient (Wildman–Crippen LogP) is 2.08. The van der Waals surface area contributed by atoms with Gasteiger partial charge in [-0.3, -0.25) is 9.59 Å². The summed E-state index contributed by atoms with van der Waals surface area (Å²) in [5.74, 6) is -1.04. The monoisotopic (exact) mass is 482 g/mol. The minimum Gasteiger partial charge on any atom is -0.388 e. The van der Waals surface area contributed by atoms with Crippen LogP contribution in [0.15, 0.2) is 24.3 Å². The van der Waals surface area contributed by atoms with Crippen LogP contribution < -0.4 is 0 Å². The van der Waals surface area contributed by atoms with Crippen LogP contribution in [0.25, 0.3) is 0 Å². The predicted molar refractivity (Wildman–Crippen MR) is 126 cm³/mol. The molecule has 0 radical (unpaired) electrons. The molecule has 34 heavy (non-hydrogen) atoms. The van der Waals surface area contributed by atoms with E-state index < -0.39 is 30.0 Å². The van der Waals surface area contributed by atoms with Crippen LogP contribution in [0.3, 0.4) is 0 Å². The molecule has 8 nitrogen and oxygen atoms in total. The molecule has 1 fully saturated rings. The highest BCUT2D eigenvalue weighted by Crippen LogP contribution is 2.20. The lowest BCUT2D eigenvalue weighted by Crippen LogP contribution is -2.53. The Labute approximate surface area is 201 Å². The van der Waals surface area contributed by atoms with Crippen LogP contribution in [0.1, 0.15) is 50.4 Å². The van der Waals surface area contributed by atoms with Gasteiger partial charge >= 0.3 is 0 Å². The average Bonchev–Trinajstić information content (AvgIpc) is 2.79. The summed E-state index contributed by atoms with van der Waals surface area (Å²) in [5, 5.41) is 20.9. The number of ether oxygens (including phenoxy) is 2. The lowest BCUT2D eigenvalue weighted by molar-refractivity contribution is -0.137. The van der Waals surface area contributed by atoms with Crippen molar-refractivity contribution in [2.75, 3.05) is 40.0 Å². The SMILES string of the molecule is CO[C@@H]1CN(C(C)=O)C[C@@H](CC(C)C)N(C(=O)c2ccccc2F)CCCCOC[C@@H](O)[C@H]1O. The van der Waals surface area contributed by atoms with E-state index in [1.165, 1.54) is 31.1 Å². The van der Waals surface area contributed by atoms with E-state index in [9.17, 15) is 24.2 Å². The summed E-state index contributed by atoms with van der Waals surface area (Å²) in [6.07, 6.45) is -1.44. The van der Waals surface area contributed by atoms with E-state index in [1.54, 1.807) is 17.0 Å². The van der Waals surface area contributed by atoms with Crippen LogP contribution in [0.4, 0.5) is 4.39 Å². The van der Waals surface area contributed by atoms with Crippen molar-refractivity contribution in [3.63, 3.8) is 0 Å². The molecule has 0 aliphatic carbocycles. The number of halogens is 1. The number of methoxy groups -OCH3 is 1. The van der Waals surface area contributed by atoms with Crippen molar-refractivity contribution in [2.45, 2.75) is 64.4 Å². The number of hydrogen-bond donors (Lipinski definition) is 2. The second-order valence-corrected chi connectivity index (χ2v) is 9.30. The highest BCUT2D eigenvalue weighted by molar-refractivity contribution is 5.94. The van der Waals surface area contributed by atoms with Gasteiger partial charge in [-0.1, -0.05) is 26.0 Å². The summed E-state index contributed by atoms with van der Waals surface area (Å²) in [7, 11) is 1.41. The molecule has 2 rings (SSSR count). The number of nitrogens with zero attached hydrogens (tertiary/aromatic N) is 2. The molecule has 192 valence electrons. The standard InChI is InChI=1S/C25H39FN2O6/c1-17(2)13-19-14-27(18(3)29)15-23(33-4)24(31)22(30)16-34-12-8-7-11-28(19)25(32)20-9-5-6-10-21(20)26/h5-6,9-10,17,19,22-24,30-31H,7-8,11-16H2,1-4H3/t19-,22-,23-,24-/m1/s1. The number of benzene rings is 1. The fourth-order valence-corrected chi connectivity index (χ4v) is 4.25. The van der Waals surface area contributed by atoms with E-state index in [1.807, 2.05) is 13.8 Å². The third kappa shape index (κ3) is 8.01. The van der Waals surface area contributed by atoms with Gasteiger partial charge in [0.1, 0.15) is 24.1 Å². The number of rotatable bonds is 4. The first kappa shape index (κ1) is 28.2. The molecule has 0 spiro atoms. The van der Waals surface area contributed by atoms with Crippen molar-refractivity contribution in [3.8, 4) is 0 Å². The Hall–Kier alpha value is -2.07. The number of aliphatic hydroxyl groups is 2. The maximum Gasteiger partial charge on any atom is 0.257 e. The number of hydrogen-bond acceptors (Lipinski definition) is 6. The molecule has 1 aliphatic rings. The van der Waals surface area contributed by atoms with Crippen molar-refractivity contribution < 1.29 is 33.7 Å². The van der Waals surface area contributed by atoms with Gasteiger partial charge in [-0.15, -0.1) is 0 Å². The molecule has 9 heteroatoms. The maximum absolute atomic E-state index is 14.5. The topological polar surface area (TPSA) is 99.5 Å². The molecule has 4 atom stereocenters. The van der Waals surface area contributed by atoms with Crippen molar-refractivity contribution in [3.05, 3.63) is 35.6 Å². The molecule has 1 saturated heterocycles. The number of aliphatic hydroxyl groups excluding tert-OH is 2. The van der Waals surface area contributed by atoms with Gasteiger partial charge < -0.3 is 29.5 Å². The van der Waals surface area contributed by atoms with E-state index in [4.69, 9.17) is 9.47 Å². The average molecular weight is 483 g/mol. The Balaban J connectivity index is 2.42. The fraction of sp³-hybridized carbons (Fsp3) is 0.680. The van der Waals surface area contributed by atoms with E-state index >= 15 is 0 Å². The van der Waals surface area contributed by atoms with Crippen molar-refractivity contribution in [1.29, 1.82) is 0 Å². The molecule has 1 heterocycles. The lowest BCUT2D eigenvalue weighted by Gasteiger charge is -2.38. The minimum absolute atomic E-state index is 0.00342. The first-order valence-corrected chi connectivity index (χ1v) is 11.9. The van der Waals surface area contributed by atoms with Gasteiger partial charge in [-0.05, 0) is 37.3 Å². The fourth-order valence-electron chi connectivity index (χ4n) is 4.25. The molecule has 1 aliphatic heterocycles. The molecule has 0 saturated carbocycles. The highest BCUT2D eigenvalue weighted by Gasteiger charge is 2.33. The lowest BCUT2D eigenvalue weighted by atomic mass is 9.99. The summed E-state index contributed by atoms with van der Waals surface area (Å²) in [6.45, 7) is 6.35. The third-order valence-electron chi connectivity index (χ3n) is 6.13. The Morgan fingerprint density at radius 3 is 2.53 bits per heavy atom. The van der Waals surface area contributed by atoms with Gasteiger partial charge in [0.2, 0.25) is 5.91 Å². The number of carbonyl (C=O) groups excluding carboxylic acids is 2. The van der Waals surface area contributed by atoms with Gasteiger partial charge in [-0.2, -0.15) is 0 Å². The molecule has 0 unspecified atom stereocenters. The molecular formula is C25H39FN2O6. The Kier molecular flexibility index (Phi) is 11.4. The first-order chi connectivity index (χ1) is 16.1. The van der Waals surface area contributed by atoms with Gasteiger partial charge in [0.05, 0.1) is 12.2 Å². The summed E-state index contributed by atoms with van der Waals surface area (Å²) < 4.78 is 25.4. The van der Waals surface area contributed by atoms with Crippen LogP contribution in [-0.4, -0.2) is 96.1 Å². The molecular weight excluding hydrogens is 443 g/mol. The molecule has 1 aromatic carbocycles. The zero-order chi connectivity index (χ0) is 25.3. The van der Waals surface area contributed by atoms with E-state index in [-0.39, 0.29) is 43.1 Å². The second kappa shape index (κ2) is 13.7. The molecule has 2 amide bonds. The van der Waals surface area contributed by atoms with Crippen LogP contribution in [0, 0.1) is 11.7 Å². The smallest absolute Gasteiger partial charge is 0.257 e. The largest absolute Gasteiger partial charge is 0.388 e. The normalized spacial score (nSPS) is 25.8. The molecule has 2 N–H and O–H groups in total. The number of carbonyl (C=O) groups is 2. The van der Waals surface area contributed by atoms with E-state index in [0.29, 0.717) is 32.4 Å². The summed E-state index contributed by atoms with van der Waals surface area (Å²) >= 11 is 0. The van der Waals surface area contributed by atoms with Gasteiger partial charge in [0.25, 0.3) is 5.91 Å². The highest BCUT2D eigenvalue weighted by atomic mass is 19.1. The summed E-state index contributed by atoms with van der Waals surface area (Å²) in [6, 6.07) is 5.53. The van der Waals surface area contributed by atoms with Crippen molar-refractivity contribution in [2.24, 2.45) is 5.92 Å². The first-order valence-electron chi connectivity index (χ1n) is 11.9. The summed E-state index contributed by atoms with van der Waals surface area (Å²) in [4.78, 5) is 29.2. The van der Waals surface area contributed by atoms with Crippen LogP contribution in [0.2, 0.25) is 0 Å². The van der Waals surface area contributed by atoms with Gasteiger partial charge in [-0.25, -0.2) is 4.39 Å². The van der Waals surface area contributed by atoms with E-state index in [2.05, 4.69) is 0 Å². The number of amides is 2. The Morgan fingerprint density at radius 2 is 1.91 bits per heavy atom. The van der Waals surface area contributed by atoms with Crippen LogP contribution in [-0.2, 0) is 14.3 Å². The Bertz CT molecular complexity index is 792. The van der Waals surface area contributed by atoms with E-state index in [0.717, 1.165) is 0 Å². The zero-order valence-corrected chi connectivity index (χ0v) is 20.7. The maximum atomic E-state index is 14.5. The second-order valence-electron chi connectivity index (χ2n) is 9.30. The van der Waals surface area contributed by atoms with Gasteiger partial charge in [0.15, 0.2) is 0 Å². The zero-order valence-electron chi connectivity index (χ0n) is 20.7. The summed E-state index contributed by atoms with van der Waals surface area (Å²) in [5.41, 5.74) is -0.00342. The molecule has 0 bridgehead atoms.